The smallest absolute Gasteiger partial charge is 0.282 e. The van der Waals surface area contributed by atoms with Crippen LogP contribution in [0, 0.1) is 12.8 Å². The number of rotatable bonds is 4. The first kappa shape index (κ1) is 17.2. The first-order valence-electron chi connectivity index (χ1n) is 7.96. The standard InChI is InChI=1S/C17H19N5O2S/c1-9(2)7-13-19-20-17(25-13)18-16(24)14-15(23)11-8-10(3)5-6-12(11)22(4)21-14/h5-6,8-9H,7H2,1-4H3,(H,18,20,24). The molecule has 8 heteroatoms. The maximum Gasteiger partial charge on any atom is 0.282 e. The Hall–Kier alpha value is -2.61. The number of nitrogens with one attached hydrogen (secondary N) is 1. The highest BCUT2D eigenvalue weighted by Crippen LogP contribution is 2.19. The molecule has 3 rings (SSSR count). The van der Waals surface area contributed by atoms with Crippen molar-refractivity contribution < 1.29 is 4.79 Å². The topological polar surface area (TPSA) is 89.8 Å². The largest absolute Gasteiger partial charge is 0.295 e. The highest BCUT2D eigenvalue weighted by atomic mass is 32.1. The van der Waals surface area contributed by atoms with E-state index in [1.54, 1.807) is 13.1 Å². The third kappa shape index (κ3) is 3.58. The molecule has 0 unspecified atom stereocenters. The van der Waals surface area contributed by atoms with Gasteiger partial charge < -0.3 is 0 Å². The van der Waals surface area contributed by atoms with Crippen LogP contribution in [-0.2, 0) is 13.5 Å². The van der Waals surface area contributed by atoms with Gasteiger partial charge in [0.05, 0.1) is 10.9 Å². The molecule has 0 saturated heterocycles. The number of fused-ring (bicyclic) bond motifs is 1. The van der Waals surface area contributed by atoms with Gasteiger partial charge in [-0.15, -0.1) is 10.2 Å². The summed E-state index contributed by atoms with van der Waals surface area (Å²) < 4.78 is 1.54. The minimum Gasteiger partial charge on any atom is -0.295 e. The zero-order chi connectivity index (χ0) is 18.1. The van der Waals surface area contributed by atoms with Crippen LogP contribution in [-0.4, -0.2) is 25.9 Å². The van der Waals surface area contributed by atoms with Gasteiger partial charge in [-0.25, -0.2) is 0 Å². The highest BCUT2D eigenvalue weighted by molar-refractivity contribution is 7.15. The SMILES string of the molecule is Cc1ccc2c(c1)c(=O)c(C(=O)Nc1nnc(CC(C)C)s1)nn2C. The predicted octanol–water partition coefficient (Wildman–Crippen LogP) is 2.54. The van der Waals surface area contributed by atoms with Gasteiger partial charge in [0.15, 0.2) is 5.69 Å². The lowest BCUT2D eigenvalue weighted by molar-refractivity contribution is 0.101. The Morgan fingerprint density at radius 1 is 1.32 bits per heavy atom. The molecule has 130 valence electrons. The summed E-state index contributed by atoms with van der Waals surface area (Å²) in [6.45, 7) is 6.07. The molecule has 1 aromatic carbocycles. The minimum absolute atomic E-state index is 0.152. The molecule has 0 bridgehead atoms. The second-order valence-electron chi connectivity index (χ2n) is 6.37. The van der Waals surface area contributed by atoms with E-state index < -0.39 is 5.91 Å². The Bertz CT molecular complexity index is 1010. The van der Waals surface area contributed by atoms with Crippen LogP contribution in [0.1, 0.15) is 34.9 Å². The summed E-state index contributed by atoms with van der Waals surface area (Å²) in [5.41, 5.74) is 1.09. The Morgan fingerprint density at radius 2 is 2.08 bits per heavy atom. The molecule has 0 aliphatic heterocycles. The van der Waals surface area contributed by atoms with Crippen molar-refractivity contribution >= 4 is 33.3 Å². The predicted molar refractivity (Wildman–Crippen MR) is 98.1 cm³/mol. The molecule has 0 aliphatic rings. The van der Waals surface area contributed by atoms with Crippen molar-refractivity contribution in [2.75, 3.05) is 5.32 Å². The molecule has 2 aromatic heterocycles. The van der Waals surface area contributed by atoms with Crippen LogP contribution in [0.4, 0.5) is 5.13 Å². The van der Waals surface area contributed by atoms with E-state index in [4.69, 9.17) is 0 Å². The molecular weight excluding hydrogens is 338 g/mol. The second kappa shape index (κ2) is 6.72. The van der Waals surface area contributed by atoms with Crippen LogP contribution in [0.2, 0.25) is 0 Å². The average molecular weight is 357 g/mol. The van der Waals surface area contributed by atoms with E-state index >= 15 is 0 Å². The number of amides is 1. The van der Waals surface area contributed by atoms with Gasteiger partial charge in [-0.2, -0.15) is 5.10 Å². The molecule has 0 atom stereocenters. The van der Waals surface area contributed by atoms with Gasteiger partial charge in [0.1, 0.15) is 5.01 Å². The summed E-state index contributed by atoms with van der Waals surface area (Å²) in [5.74, 6) is -0.120. The lowest BCUT2D eigenvalue weighted by Crippen LogP contribution is -2.26. The summed E-state index contributed by atoms with van der Waals surface area (Å²) >= 11 is 1.31. The third-order valence-electron chi connectivity index (χ3n) is 3.70. The molecule has 7 nitrogen and oxygen atoms in total. The number of aromatic nitrogens is 4. The molecular formula is C17H19N5O2S. The van der Waals surface area contributed by atoms with Crippen LogP contribution >= 0.6 is 11.3 Å². The number of carbonyl (C=O) groups excluding carboxylic acids is 1. The zero-order valence-corrected chi connectivity index (χ0v) is 15.3. The van der Waals surface area contributed by atoms with E-state index in [0.717, 1.165) is 17.0 Å². The van der Waals surface area contributed by atoms with Gasteiger partial charge in [-0.1, -0.05) is 36.8 Å². The van der Waals surface area contributed by atoms with Gasteiger partial charge in [-0.05, 0) is 25.0 Å². The Morgan fingerprint density at radius 3 is 2.80 bits per heavy atom. The van der Waals surface area contributed by atoms with E-state index in [0.29, 0.717) is 22.0 Å². The molecule has 0 radical (unpaired) electrons. The lowest BCUT2D eigenvalue weighted by atomic mass is 10.1. The quantitative estimate of drug-likeness (QED) is 0.775. The molecule has 1 amide bonds. The number of nitrogens with zero attached hydrogens (tertiary/aromatic N) is 4. The Balaban J connectivity index is 1.93. The molecule has 0 fully saturated rings. The maximum atomic E-state index is 12.6. The number of hydrogen-bond acceptors (Lipinski definition) is 6. The molecule has 1 N–H and O–H groups in total. The fraction of sp³-hybridized carbons (Fsp3) is 0.353. The van der Waals surface area contributed by atoms with Gasteiger partial charge in [0, 0.05) is 13.5 Å². The Labute approximate surface area is 148 Å². The van der Waals surface area contributed by atoms with Crippen LogP contribution < -0.4 is 10.7 Å². The first-order chi connectivity index (χ1) is 11.8. The summed E-state index contributed by atoms with van der Waals surface area (Å²) in [6, 6.07) is 5.49. The number of carbonyl (C=O) groups is 1. The van der Waals surface area contributed by atoms with Crippen molar-refractivity contribution in [1.29, 1.82) is 0 Å². The number of anilines is 1. The second-order valence-corrected chi connectivity index (χ2v) is 7.44. The summed E-state index contributed by atoms with van der Waals surface area (Å²) in [6.07, 6.45) is 0.794. The Kier molecular flexibility index (Phi) is 4.63. The van der Waals surface area contributed by atoms with Gasteiger partial charge >= 0.3 is 0 Å². The number of hydrogen-bond donors (Lipinski definition) is 1. The van der Waals surface area contributed by atoms with Crippen LogP contribution in [0.5, 0.6) is 0 Å². The van der Waals surface area contributed by atoms with Crippen LogP contribution in [0.3, 0.4) is 0 Å². The maximum absolute atomic E-state index is 12.6. The van der Waals surface area contributed by atoms with E-state index in [-0.39, 0.29) is 11.1 Å². The molecule has 3 aromatic rings. The molecule has 2 heterocycles. The molecule has 25 heavy (non-hydrogen) atoms. The van der Waals surface area contributed by atoms with Crippen molar-refractivity contribution in [1.82, 2.24) is 20.0 Å². The lowest BCUT2D eigenvalue weighted by Gasteiger charge is -2.08. The van der Waals surface area contributed by atoms with Gasteiger partial charge in [0.25, 0.3) is 5.91 Å². The summed E-state index contributed by atoms with van der Waals surface area (Å²) in [5, 5.41) is 16.5. The van der Waals surface area contributed by atoms with E-state index in [1.165, 1.54) is 16.0 Å². The van der Waals surface area contributed by atoms with Crippen molar-refractivity contribution in [2.24, 2.45) is 13.0 Å². The molecule has 0 aliphatic carbocycles. The van der Waals surface area contributed by atoms with Crippen molar-refractivity contribution in [3.8, 4) is 0 Å². The first-order valence-corrected chi connectivity index (χ1v) is 8.78. The molecule has 0 saturated carbocycles. The van der Waals surface area contributed by atoms with E-state index in [2.05, 4.69) is 34.5 Å². The highest BCUT2D eigenvalue weighted by Gasteiger charge is 2.18. The monoisotopic (exact) mass is 357 g/mol. The van der Waals surface area contributed by atoms with Gasteiger partial charge in [-0.3, -0.25) is 19.6 Å². The summed E-state index contributed by atoms with van der Waals surface area (Å²) in [4.78, 5) is 25.1. The number of aryl methyl sites for hydroxylation is 2. The number of benzene rings is 1. The van der Waals surface area contributed by atoms with Crippen LogP contribution in [0.25, 0.3) is 10.9 Å². The van der Waals surface area contributed by atoms with Crippen molar-refractivity contribution in [3.05, 3.63) is 44.7 Å². The zero-order valence-electron chi connectivity index (χ0n) is 14.5. The van der Waals surface area contributed by atoms with E-state index in [9.17, 15) is 9.59 Å². The van der Waals surface area contributed by atoms with E-state index in [1.807, 2.05) is 19.1 Å². The third-order valence-corrected chi connectivity index (χ3v) is 4.56. The molecule has 0 spiro atoms. The fourth-order valence-corrected chi connectivity index (χ4v) is 3.48. The van der Waals surface area contributed by atoms with Crippen molar-refractivity contribution in [3.63, 3.8) is 0 Å². The fourth-order valence-electron chi connectivity index (χ4n) is 2.53. The normalized spacial score (nSPS) is 11.2. The summed E-state index contributed by atoms with van der Waals surface area (Å²) in [7, 11) is 1.71. The average Bonchev–Trinajstić information content (AvgIpc) is 2.96. The minimum atomic E-state index is -0.573. The van der Waals surface area contributed by atoms with Crippen LogP contribution in [0.15, 0.2) is 23.0 Å². The van der Waals surface area contributed by atoms with Gasteiger partial charge in [0.2, 0.25) is 10.6 Å². The van der Waals surface area contributed by atoms with Crippen molar-refractivity contribution in [2.45, 2.75) is 27.2 Å².